The third kappa shape index (κ3) is 3.93. The molecule has 21 heavy (non-hydrogen) atoms. The van der Waals surface area contributed by atoms with Crippen LogP contribution in [-0.2, 0) is 4.79 Å². The van der Waals surface area contributed by atoms with Gasteiger partial charge in [-0.3, -0.25) is 4.79 Å². The van der Waals surface area contributed by atoms with E-state index in [4.69, 9.17) is 0 Å². The van der Waals surface area contributed by atoms with Gasteiger partial charge in [0, 0.05) is 30.5 Å². The molecule has 3 rings (SSSR count). The molecule has 3 nitrogen and oxygen atoms in total. The fraction of sp³-hybridized carbons (Fsp3) is 0.562. The molecule has 0 aromatic heterocycles. The summed E-state index contributed by atoms with van der Waals surface area (Å²) in [6.07, 6.45) is 1.62. The summed E-state index contributed by atoms with van der Waals surface area (Å²) in [5, 5.41) is 6.65. The van der Waals surface area contributed by atoms with Crippen LogP contribution in [0.25, 0.3) is 0 Å². The summed E-state index contributed by atoms with van der Waals surface area (Å²) in [5.74, 6) is 2.93. The van der Waals surface area contributed by atoms with Gasteiger partial charge in [0.2, 0.25) is 5.91 Å². The van der Waals surface area contributed by atoms with E-state index in [1.54, 1.807) is 0 Å². The first-order chi connectivity index (χ1) is 9.74. The average Bonchev–Trinajstić information content (AvgIpc) is 2.77. The molecule has 0 radical (unpaired) electrons. The molecule has 116 valence electrons. The van der Waals surface area contributed by atoms with Crippen molar-refractivity contribution >= 4 is 30.1 Å². The molecule has 1 aliphatic heterocycles. The number of hydrogen-bond donors (Lipinski definition) is 2. The van der Waals surface area contributed by atoms with Gasteiger partial charge < -0.3 is 10.6 Å². The van der Waals surface area contributed by atoms with Gasteiger partial charge in [0.1, 0.15) is 0 Å². The van der Waals surface area contributed by atoms with Crippen molar-refractivity contribution < 1.29 is 4.79 Å². The van der Waals surface area contributed by atoms with E-state index in [2.05, 4.69) is 41.8 Å². The van der Waals surface area contributed by atoms with E-state index in [0.717, 1.165) is 24.5 Å². The number of amides is 1. The van der Waals surface area contributed by atoms with Gasteiger partial charge >= 0.3 is 0 Å². The Hall–Kier alpha value is -0.710. The molecule has 2 N–H and O–H groups in total. The quantitative estimate of drug-likeness (QED) is 0.897. The zero-order chi connectivity index (χ0) is 13.9. The largest absolute Gasteiger partial charge is 0.349 e. The summed E-state index contributed by atoms with van der Waals surface area (Å²) in [4.78, 5) is 12.2. The van der Waals surface area contributed by atoms with Gasteiger partial charge in [-0.05, 0) is 23.5 Å². The number of thioether (sulfide) groups is 1. The molecule has 1 aromatic carbocycles. The van der Waals surface area contributed by atoms with Crippen molar-refractivity contribution in [3.8, 4) is 0 Å². The van der Waals surface area contributed by atoms with Crippen LogP contribution in [0.5, 0.6) is 0 Å². The van der Waals surface area contributed by atoms with Crippen molar-refractivity contribution in [1.29, 1.82) is 0 Å². The number of benzene rings is 1. The van der Waals surface area contributed by atoms with Crippen LogP contribution >= 0.6 is 24.2 Å². The molecule has 1 heterocycles. The molecular weight excluding hydrogens is 304 g/mol. The summed E-state index contributed by atoms with van der Waals surface area (Å²) in [6, 6.07) is 9.02. The van der Waals surface area contributed by atoms with Crippen LogP contribution in [0.4, 0.5) is 0 Å². The predicted molar refractivity (Wildman–Crippen MR) is 91.3 cm³/mol. The third-order valence-electron chi connectivity index (χ3n) is 4.26. The maximum Gasteiger partial charge on any atom is 0.222 e. The maximum atomic E-state index is 12.2. The highest BCUT2D eigenvalue weighted by atomic mass is 35.5. The van der Waals surface area contributed by atoms with Crippen molar-refractivity contribution in [2.45, 2.75) is 37.8 Å². The Kier molecular flexibility index (Phi) is 5.97. The van der Waals surface area contributed by atoms with Gasteiger partial charge in [0.25, 0.3) is 0 Å². The molecule has 3 atom stereocenters. The van der Waals surface area contributed by atoms with Crippen LogP contribution in [0.2, 0.25) is 0 Å². The Morgan fingerprint density at radius 2 is 2.14 bits per heavy atom. The predicted octanol–water partition coefficient (Wildman–Crippen LogP) is 2.87. The minimum absolute atomic E-state index is 0. The first-order valence-electron chi connectivity index (χ1n) is 7.43. The lowest BCUT2D eigenvalue weighted by molar-refractivity contribution is -0.122. The summed E-state index contributed by atoms with van der Waals surface area (Å²) < 4.78 is 0. The lowest BCUT2D eigenvalue weighted by atomic mass is 10.0. The molecule has 1 saturated heterocycles. The molecule has 5 heteroatoms. The lowest BCUT2D eigenvalue weighted by Crippen LogP contribution is -2.41. The first kappa shape index (κ1) is 16.7. The first-order valence-corrected chi connectivity index (χ1v) is 8.59. The Bertz CT molecular complexity index is 491. The fourth-order valence-electron chi connectivity index (χ4n) is 3.25. The summed E-state index contributed by atoms with van der Waals surface area (Å²) >= 11 is 1.93. The Balaban J connectivity index is 0.00000161. The zero-order valence-corrected chi connectivity index (χ0v) is 13.9. The lowest BCUT2D eigenvalue weighted by Gasteiger charge is -2.23. The third-order valence-corrected chi connectivity index (χ3v) is 5.39. The number of rotatable bonds is 3. The van der Waals surface area contributed by atoms with Gasteiger partial charge in [-0.25, -0.2) is 0 Å². The summed E-state index contributed by atoms with van der Waals surface area (Å²) in [5.41, 5.74) is 2.70. The minimum Gasteiger partial charge on any atom is -0.349 e. The van der Waals surface area contributed by atoms with Crippen LogP contribution in [0, 0.1) is 0 Å². The van der Waals surface area contributed by atoms with Gasteiger partial charge in [-0.15, -0.1) is 12.4 Å². The maximum absolute atomic E-state index is 12.2. The fourth-order valence-corrected chi connectivity index (χ4v) is 4.20. The molecular formula is C16H23ClN2OS. The molecule has 2 aliphatic rings. The molecule has 1 fully saturated rings. The monoisotopic (exact) mass is 326 g/mol. The van der Waals surface area contributed by atoms with Crippen LogP contribution in [0.1, 0.15) is 42.9 Å². The van der Waals surface area contributed by atoms with Gasteiger partial charge in [-0.1, -0.05) is 31.2 Å². The molecule has 1 amide bonds. The van der Waals surface area contributed by atoms with E-state index in [9.17, 15) is 4.79 Å². The van der Waals surface area contributed by atoms with Crippen molar-refractivity contribution in [2.24, 2.45) is 0 Å². The van der Waals surface area contributed by atoms with Crippen LogP contribution < -0.4 is 10.6 Å². The average molecular weight is 327 g/mol. The van der Waals surface area contributed by atoms with Crippen molar-refractivity contribution in [2.75, 3.05) is 18.1 Å². The van der Waals surface area contributed by atoms with E-state index in [0.29, 0.717) is 18.4 Å². The number of fused-ring (bicyclic) bond motifs is 1. The second-order valence-electron chi connectivity index (χ2n) is 5.82. The molecule has 1 aliphatic carbocycles. The number of halogens is 1. The van der Waals surface area contributed by atoms with Crippen molar-refractivity contribution in [1.82, 2.24) is 10.6 Å². The highest BCUT2D eigenvalue weighted by Gasteiger charge is 2.29. The van der Waals surface area contributed by atoms with Crippen molar-refractivity contribution in [3.63, 3.8) is 0 Å². The highest BCUT2D eigenvalue weighted by molar-refractivity contribution is 7.99. The smallest absolute Gasteiger partial charge is 0.222 e. The normalized spacial score (nSPS) is 27.6. The van der Waals surface area contributed by atoms with Crippen LogP contribution in [-0.4, -0.2) is 30.0 Å². The summed E-state index contributed by atoms with van der Waals surface area (Å²) in [7, 11) is 0. The Morgan fingerprint density at radius 3 is 2.86 bits per heavy atom. The SMILES string of the molecule is CC1CC(NC(=O)CC2CSCCN2)c2ccccc21.Cl. The van der Waals surface area contributed by atoms with Gasteiger partial charge in [0.15, 0.2) is 0 Å². The second-order valence-corrected chi connectivity index (χ2v) is 6.97. The molecule has 0 saturated carbocycles. The van der Waals surface area contributed by atoms with E-state index >= 15 is 0 Å². The van der Waals surface area contributed by atoms with E-state index in [1.165, 1.54) is 11.1 Å². The van der Waals surface area contributed by atoms with Crippen LogP contribution in [0.15, 0.2) is 24.3 Å². The van der Waals surface area contributed by atoms with Crippen LogP contribution in [0.3, 0.4) is 0 Å². The zero-order valence-electron chi connectivity index (χ0n) is 12.3. The van der Waals surface area contributed by atoms with Gasteiger partial charge in [-0.2, -0.15) is 11.8 Å². The summed E-state index contributed by atoms with van der Waals surface area (Å²) in [6.45, 7) is 3.26. The molecule has 1 aromatic rings. The molecule has 3 unspecified atom stereocenters. The van der Waals surface area contributed by atoms with Gasteiger partial charge in [0.05, 0.1) is 6.04 Å². The second kappa shape index (κ2) is 7.52. The Morgan fingerprint density at radius 1 is 1.38 bits per heavy atom. The van der Waals surface area contributed by atoms with E-state index in [-0.39, 0.29) is 24.4 Å². The topological polar surface area (TPSA) is 41.1 Å². The number of nitrogens with one attached hydrogen (secondary N) is 2. The standard InChI is InChI=1S/C16H22N2OS.ClH/c1-11-8-15(14-5-3-2-4-13(11)14)18-16(19)9-12-10-20-7-6-17-12;/h2-5,11-12,15,17H,6-10H2,1H3,(H,18,19);1H. The van der Waals surface area contributed by atoms with E-state index < -0.39 is 0 Å². The number of carbonyl (C=O) groups is 1. The molecule has 0 bridgehead atoms. The highest BCUT2D eigenvalue weighted by Crippen LogP contribution is 2.39. The minimum atomic E-state index is 0. The molecule has 0 spiro atoms. The van der Waals surface area contributed by atoms with Crippen molar-refractivity contribution in [3.05, 3.63) is 35.4 Å². The van der Waals surface area contributed by atoms with E-state index in [1.807, 2.05) is 11.8 Å². The number of hydrogen-bond acceptors (Lipinski definition) is 3. The number of carbonyl (C=O) groups excluding carboxylic acids is 1. The Labute approximate surface area is 137 Å².